The molecule has 6 nitrogen and oxygen atoms in total. The number of carbonyl (C=O) groups is 1. The van der Waals surface area contributed by atoms with Gasteiger partial charge in [-0.1, -0.05) is 11.8 Å². The Morgan fingerprint density at radius 2 is 2.16 bits per heavy atom. The summed E-state index contributed by atoms with van der Waals surface area (Å²) >= 11 is 1.43. The summed E-state index contributed by atoms with van der Waals surface area (Å²) < 4.78 is 1.99. The van der Waals surface area contributed by atoms with Crippen molar-refractivity contribution in [1.29, 1.82) is 0 Å². The smallest absolute Gasteiger partial charge is 0.233 e. The molecule has 1 amide bonds. The van der Waals surface area contributed by atoms with Crippen molar-refractivity contribution in [3.05, 3.63) is 5.82 Å². The van der Waals surface area contributed by atoms with Crippen LogP contribution < -0.4 is 11.1 Å². The number of hydrogen-bond donors (Lipinski definition) is 2. The molecule has 0 saturated heterocycles. The van der Waals surface area contributed by atoms with Crippen LogP contribution in [-0.4, -0.2) is 32.0 Å². The van der Waals surface area contributed by atoms with E-state index in [0.717, 1.165) is 23.8 Å². The lowest BCUT2D eigenvalue weighted by atomic mass is 10.4. The van der Waals surface area contributed by atoms with Gasteiger partial charge in [-0.05, 0) is 33.6 Å². The molecule has 1 heterocycles. The Kier molecular flexibility index (Phi) is 4.46. The van der Waals surface area contributed by atoms with Crippen LogP contribution in [0.2, 0.25) is 0 Å². The van der Waals surface area contributed by atoms with Gasteiger partial charge in [0, 0.05) is 12.1 Å². The van der Waals surface area contributed by atoms with Crippen molar-refractivity contribution >= 4 is 17.7 Å². The topological polar surface area (TPSA) is 85.8 Å². The van der Waals surface area contributed by atoms with Gasteiger partial charge in [0.2, 0.25) is 5.91 Å². The van der Waals surface area contributed by atoms with E-state index < -0.39 is 0 Å². The van der Waals surface area contributed by atoms with Crippen molar-refractivity contribution in [3.8, 4) is 0 Å². The number of nitrogens with one attached hydrogen (secondary N) is 1. The molecule has 0 radical (unpaired) electrons. The molecule has 0 bridgehead atoms. The lowest BCUT2D eigenvalue weighted by Gasteiger charge is -2.15. The average molecular weight is 283 g/mol. The summed E-state index contributed by atoms with van der Waals surface area (Å²) in [6.45, 7) is 6.36. The molecule has 1 unspecified atom stereocenters. The third kappa shape index (κ3) is 3.48. The van der Waals surface area contributed by atoms with Gasteiger partial charge in [-0.2, -0.15) is 0 Å². The zero-order valence-corrected chi connectivity index (χ0v) is 12.4. The Morgan fingerprint density at radius 1 is 1.47 bits per heavy atom. The summed E-state index contributed by atoms with van der Waals surface area (Å²) in [4.78, 5) is 11.9. The molecular formula is C12H21N5OS. The molecule has 2 rings (SSSR count). The molecule has 1 fully saturated rings. The van der Waals surface area contributed by atoms with Crippen LogP contribution in [0.25, 0.3) is 0 Å². The monoisotopic (exact) mass is 283 g/mol. The molecule has 1 saturated carbocycles. The first-order valence-electron chi connectivity index (χ1n) is 6.63. The van der Waals surface area contributed by atoms with Gasteiger partial charge in [-0.3, -0.25) is 4.79 Å². The van der Waals surface area contributed by atoms with Crippen molar-refractivity contribution < 1.29 is 4.79 Å². The number of carbonyl (C=O) groups excluding carboxylic acids is 1. The molecule has 19 heavy (non-hydrogen) atoms. The second kappa shape index (κ2) is 5.92. The number of amides is 1. The van der Waals surface area contributed by atoms with Crippen LogP contribution in [0.15, 0.2) is 5.16 Å². The van der Waals surface area contributed by atoms with E-state index >= 15 is 0 Å². The highest BCUT2D eigenvalue weighted by Gasteiger charge is 2.27. The third-order valence-corrected chi connectivity index (χ3v) is 4.07. The predicted octanol–water partition coefficient (Wildman–Crippen LogP) is 1.08. The summed E-state index contributed by atoms with van der Waals surface area (Å²) in [5.74, 6) is 0.826. The van der Waals surface area contributed by atoms with Crippen LogP contribution in [0.1, 0.15) is 45.5 Å². The molecule has 1 aliphatic carbocycles. The Balaban J connectivity index is 2.04. The minimum atomic E-state index is -0.173. The molecule has 1 aromatic rings. The minimum absolute atomic E-state index is 0.0695. The fraction of sp³-hybridized carbons (Fsp3) is 0.750. The number of nitrogens with two attached hydrogens (primary N) is 1. The Morgan fingerprint density at radius 3 is 2.68 bits per heavy atom. The van der Waals surface area contributed by atoms with E-state index in [-0.39, 0.29) is 17.2 Å². The first kappa shape index (κ1) is 14.3. The molecule has 0 spiro atoms. The van der Waals surface area contributed by atoms with E-state index in [2.05, 4.69) is 29.4 Å². The second-order valence-corrected chi connectivity index (χ2v) is 6.42. The van der Waals surface area contributed by atoms with Gasteiger partial charge in [0.15, 0.2) is 5.16 Å². The van der Waals surface area contributed by atoms with Crippen molar-refractivity contribution in [1.82, 2.24) is 20.1 Å². The quantitative estimate of drug-likeness (QED) is 0.763. The first-order valence-corrected chi connectivity index (χ1v) is 7.51. The van der Waals surface area contributed by atoms with Crippen molar-refractivity contribution in [3.63, 3.8) is 0 Å². The highest BCUT2D eigenvalue weighted by molar-refractivity contribution is 8.00. The van der Waals surface area contributed by atoms with Gasteiger partial charge in [-0.15, -0.1) is 10.2 Å². The Labute approximate surface area is 117 Å². The van der Waals surface area contributed by atoms with Crippen LogP contribution in [0, 0.1) is 0 Å². The number of nitrogens with zero attached hydrogens (tertiary/aromatic N) is 3. The standard InChI is InChI=1S/C12H21N5OS/c1-7(2)17-10(6-13)15-16-12(17)19-8(3)11(18)14-9-4-5-9/h7-9H,4-6,13H2,1-3H3,(H,14,18). The maximum atomic E-state index is 11.9. The van der Waals surface area contributed by atoms with E-state index in [1.807, 2.05) is 11.5 Å². The van der Waals surface area contributed by atoms with Gasteiger partial charge in [0.05, 0.1) is 11.8 Å². The summed E-state index contributed by atoms with van der Waals surface area (Å²) in [6, 6.07) is 0.618. The predicted molar refractivity (Wildman–Crippen MR) is 74.8 cm³/mol. The van der Waals surface area contributed by atoms with E-state index in [4.69, 9.17) is 5.73 Å². The number of hydrogen-bond acceptors (Lipinski definition) is 5. The van der Waals surface area contributed by atoms with Crippen LogP contribution in [0.5, 0.6) is 0 Å². The average Bonchev–Trinajstić information content (AvgIpc) is 3.07. The van der Waals surface area contributed by atoms with Gasteiger partial charge < -0.3 is 15.6 Å². The molecule has 106 valence electrons. The SMILES string of the molecule is CC(Sc1nnc(CN)n1C(C)C)C(=O)NC1CC1. The zero-order valence-electron chi connectivity index (χ0n) is 11.6. The van der Waals surface area contributed by atoms with Crippen molar-refractivity contribution in [2.45, 2.75) is 62.6 Å². The van der Waals surface area contributed by atoms with Crippen LogP contribution >= 0.6 is 11.8 Å². The van der Waals surface area contributed by atoms with Gasteiger partial charge in [0.1, 0.15) is 5.82 Å². The Bertz CT molecular complexity index is 455. The fourth-order valence-corrected chi connectivity index (χ4v) is 2.81. The number of thioether (sulfide) groups is 1. The summed E-state index contributed by atoms with van der Waals surface area (Å²) in [7, 11) is 0. The maximum Gasteiger partial charge on any atom is 0.233 e. The number of aromatic nitrogens is 3. The van der Waals surface area contributed by atoms with E-state index in [9.17, 15) is 4.79 Å². The van der Waals surface area contributed by atoms with Crippen LogP contribution in [-0.2, 0) is 11.3 Å². The highest BCUT2D eigenvalue weighted by atomic mass is 32.2. The van der Waals surface area contributed by atoms with Crippen molar-refractivity contribution in [2.75, 3.05) is 0 Å². The molecule has 0 aliphatic heterocycles. The molecule has 3 N–H and O–H groups in total. The van der Waals surface area contributed by atoms with Gasteiger partial charge >= 0.3 is 0 Å². The summed E-state index contributed by atoms with van der Waals surface area (Å²) in [5.41, 5.74) is 5.65. The zero-order chi connectivity index (χ0) is 14.0. The normalized spacial score (nSPS) is 16.7. The van der Waals surface area contributed by atoms with E-state index in [1.54, 1.807) is 0 Å². The molecule has 1 aliphatic rings. The van der Waals surface area contributed by atoms with Crippen molar-refractivity contribution in [2.24, 2.45) is 5.73 Å². The Hall–Kier alpha value is -1.08. The lowest BCUT2D eigenvalue weighted by molar-refractivity contribution is -0.120. The second-order valence-electron chi connectivity index (χ2n) is 5.11. The highest BCUT2D eigenvalue weighted by Crippen LogP contribution is 2.26. The van der Waals surface area contributed by atoms with E-state index in [0.29, 0.717) is 12.6 Å². The van der Waals surface area contributed by atoms with E-state index in [1.165, 1.54) is 11.8 Å². The summed E-state index contributed by atoms with van der Waals surface area (Å²) in [6.07, 6.45) is 2.20. The summed E-state index contributed by atoms with van der Waals surface area (Å²) in [5, 5.41) is 11.8. The molecule has 1 aromatic heterocycles. The first-order chi connectivity index (χ1) is 9.02. The molecule has 1 atom stereocenters. The van der Waals surface area contributed by atoms with Crippen LogP contribution in [0.4, 0.5) is 0 Å². The fourth-order valence-electron chi connectivity index (χ4n) is 1.80. The van der Waals surface area contributed by atoms with Crippen LogP contribution in [0.3, 0.4) is 0 Å². The largest absolute Gasteiger partial charge is 0.352 e. The molecular weight excluding hydrogens is 262 g/mol. The molecule has 7 heteroatoms. The van der Waals surface area contributed by atoms with Gasteiger partial charge in [-0.25, -0.2) is 0 Å². The van der Waals surface area contributed by atoms with Gasteiger partial charge in [0.25, 0.3) is 0 Å². The third-order valence-electron chi connectivity index (χ3n) is 3.01. The lowest BCUT2D eigenvalue weighted by Crippen LogP contribution is -2.32. The number of rotatable bonds is 6. The minimum Gasteiger partial charge on any atom is -0.352 e. The maximum absolute atomic E-state index is 11.9. The molecule has 0 aromatic carbocycles.